The van der Waals surface area contributed by atoms with Crippen molar-refractivity contribution in [2.75, 3.05) is 6.54 Å². The summed E-state index contributed by atoms with van der Waals surface area (Å²) < 4.78 is 1.90. The van der Waals surface area contributed by atoms with E-state index in [0.717, 1.165) is 45.4 Å². The molecule has 1 spiro atoms. The second kappa shape index (κ2) is 7.16. The standard InChI is InChI=1S/C23H22N4O3S/c1-14-12-16(15(2)27(14)20-7-3-4-10-24-20)18(28)13-26-21(29)23(25-22(26)30)9-5-6-19-17(23)8-11-31-19/h3-4,7-8,10-12H,5-6,9,13H2,1-2H3,(H,25,30)/t23-/m0/s1. The maximum absolute atomic E-state index is 13.4. The van der Waals surface area contributed by atoms with E-state index in [4.69, 9.17) is 0 Å². The van der Waals surface area contributed by atoms with Gasteiger partial charge in [-0.05, 0) is 62.8 Å². The fraction of sp³-hybridized carbons (Fsp3) is 0.304. The summed E-state index contributed by atoms with van der Waals surface area (Å²) in [7, 11) is 0. The van der Waals surface area contributed by atoms with Crippen LogP contribution in [0.15, 0.2) is 41.9 Å². The van der Waals surface area contributed by atoms with Gasteiger partial charge < -0.3 is 9.88 Å². The second-order valence-corrected chi connectivity index (χ2v) is 9.07. The molecule has 1 aliphatic heterocycles. The smallest absolute Gasteiger partial charge is 0.319 e. The number of imide groups is 1. The molecule has 158 valence electrons. The SMILES string of the molecule is Cc1cc(C(=O)CN2C(=O)N[C@]3(CCCc4sccc43)C2=O)c(C)n1-c1ccccn1. The third-order valence-electron chi connectivity index (χ3n) is 6.25. The number of urea groups is 1. The van der Waals surface area contributed by atoms with Crippen molar-refractivity contribution in [1.29, 1.82) is 0 Å². The third-order valence-corrected chi connectivity index (χ3v) is 7.23. The van der Waals surface area contributed by atoms with Crippen LogP contribution >= 0.6 is 11.3 Å². The van der Waals surface area contributed by atoms with Crippen LogP contribution in [0.25, 0.3) is 5.82 Å². The number of hydrogen-bond donors (Lipinski definition) is 1. The van der Waals surface area contributed by atoms with Crippen LogP contribution in [0.3, 0.4) is 0 Å². The highest BCUT2D eigenvalue weighted by Crippen LogP contribution is 2.42. The summed E-state index contributed by atoms with van der Waals surface area (Å²) in [5.41, 5.74) is 1.94. The summed E-state index contributed by atoms with van der Waals surface area (Å²) in [6.45, 7) is 3.47. The summed E-state index contributed by atoms with van der Waals surface area (Å²) in [5.74, 6) is 0.124. The molecule has 3 amide bonds. The van der Waals surface area contributed by atoms with Gasteiger partial charge in [-0.15, -0.1) is 11.3 Å². The van der Waals surface area contributed by atoms with Crippen LogP contribution in [0.2, 0.25) is 0 Å². The molecule has 0 bridgehead atoms. The zero-order chi connectivity index (χ0) is 21.8. The van der Waals surface area contributed by atoms with E-state index in [9.17, 15) is 14.4 Å². The number of pyridine rings is 1. The van der Waals surface area contributed by atoms with Gasteiger partial charge in [-0.3, -0.25) is 14.5 Å². The van der Waals surface area contributed by atoms with Gasteiger partial charge >= 0.3 is 6.03 Å². The molecule has 0 unspecified atom stereocenters. The molecule has 1 saturated heterocycles. The number of thiophene rings is 1. The van der Waals surface area contributed by atoms with Gasteiger partial charge in [-0.2, -0.15) is 0 Å². The van der Waals surface area contributed by atoms with Gasteiger partial charge in [-0.1, -0.05) is 6.07 Å². The molecule has 4 heterocycles. The first-order chi connectivity index (χ1) is 14.9. The first-order valence-electron chi connectivity index (χ1n) is 10.3. The van der Waals surface area contributed by atoms with Gasteiger partial charge in [0, 0.05) is 33.6 Å². The number of rotatable bonds is 4. The zero-order valence-corrected chi connectivity index (χ0v) is 18.2. The van der Waals surface area contributed by atoms with E-state index < -0.39 is 11.6 Å². The van der Waals surface area contributed by atoms with Crippen LogP contribution in [0.1, 0.15) is 45.0 Å². The van der Waals surface area contributed by atoms with Crippen LogP contribution in [-0.2, 0) is 16.8 Å². The van der Waals surface area contributed by atoms with E-state index in [1.54, 1.807) is 23.6 Å². The molecule has 1 fully saturated rings. The first-order valence-corrected chi connectivity index (χ1v) is 11.1. The third kappa shape index (κ3) is 2.93. The van der Waals surface area contributed by atoms with Crippen molar-refractivity contribution in [3.05, 3.63) is 69.3 Å². The number of carbonyl (C=O) groups is 3. The number of nitrogens with one attached hydrogen (secondary N) is 1. The number of amides is 3. The second-order valence-electron chi connectivity index (χ2n) is 8.07. The minimum absolute atomic E-state index is 0.266. The van der Waals surface area contributed by atoms with Crippen molar-refractivity contribution >= 4 is 29.1 Å². The Bertz CT molecular complexity index is 1210. The predicted octanol–water partition coefficient (Wildman–Crippen LogP) is 3.52. The van der Waals surface area contributed by atoms with Crippen LogP contribution in [0.4, 0.5) is 4.79 Å². The lowest BCUT2D eigenvalue weighted by atomic mass is 9.80. The Kier molecular flexibility index (Phi) is 4.55. The highest BCUT2D eigenvalue weighted by Gasteiger charge is 2.54. The minimum atomic E-state index is -1.03. The van der Waals surface area contributed by atoms with Crippen molar-refractivity contribution in [1.82, 2.24) is 19.8 Å². The summed E-state index contributed by atoms with van der Waals surface area (Å²) in [6.07, 6.45) is 3.99. The van der Waals surface area contributed by atoms with Gasteiger partial charge in [0.25, 0.3) is 5.91 Å². The molecule has 0 saturated carbocycles. The number of Topliss-reactive ketones (excluding diaryl/α,β-unsaturated/α-hetero) is 1. The largest absolute Gasteiger partial charge is 0.325 e. The Hall–Kier alpha value is -3.26. The van der Waals surface area contributed by atoms with Crippen LogP contribution in [-0.4, -0.2) is 38.7 Å². The lowest BCUT2D eigenvalue weighted by Crippen LogP contribution is -2.46. The maximum atomic E-state index is 13.4. The monoisotopic (exact) mass is 434 g/mol. The fourth-order valence-electron chi connectivity index (χ4n) is 4.80. The van der Waals surface area contributed by atoms with E-state index in [1.807, 2.05) is 48.1 Å². The quantitative estimate of drug-likeness (QED) is 0.503. The van der Waals surface area contributed by atoms with Gasteiger partial charge in [0.2, 0.25) is 0 Å². The van der Waals surface area contributed by atoms with Gasteiger partial charge in [-0.25, -0.2) is 9.78 Å². The Morgan fingerprint density at radius 2 is 2.10 bits per heavy atom. The highest BCUT2D eigenvalue weighted by atomic mass is 32.1. The summed E-state index contributed by atoms with van der Waals surface area (Å²) in [6, 6.07) is 8.80. The van der Waals surface area contributed by atoms with Gasteiger partial charge in [0.1, 0.15) is 11.4 Å². The van der Waals surface area contributed by atoms with E-state index in [2.05, 4.69) is 10.3 Å². The summed E-state index contributed by atoms with van der Waals surface area (Å²) in [4.78, 5) is 45.9. The number of carbonyl (C=O) groups excluding carboxylic acids is 3. The molecular formula is C23H22N4O3S. The number of ketones is 1. The number of nitrogens with zero attached hydrogens (tertiary/aromatic N) is 3. The molecule has 3 aromatic rings. The Morgan fingerprint density at radius 1 is 1.26 bits per heavy atom. The van der Waals surface area contributed by atoms with Crippen molar-refractivity contribution in [2.24, 2.45) is 0 Å². The number of fused-ring (bicyclic) bond motifs is 2. The van der Waals surface area contributed by atoms with Crippen molar-refractivity contribution in [2.45, 2.75) is 38.6 Å². The molecule has 3 aromatic heterocycles. The van der Waals surface area contributed by atoms with Gasteiger partial charge in [0.15, 0.2) is 5.78 Å². The van der Waals surface area contributed by atoms with Crippen LogP contribution in [0.5, 0.6) is 0 Å². The molecule has 2 aliphatic rings. The number of hydrogen-bond acceptors (Lipinski definition) is 5. The molecule has 7 nitrogen and oxygen atoms in total. The minimum Gasteiger partial charge on any atom is -0.319 e. The lowest BCUT2D eigenvalue weighted by molar-refractivity contribution is -0.131. The van der Waals surface area contributed by atoms with Crippen LogP contribution < -0.4 is 5.32 Å². The van der Waals surface area contributed by atoms with Crippen molar-refractivity contribution in [3.8, 4) is 5.82 Å². The Labute approximate surface area is 183 Å². The first kappa shape index (κ1) is 19.7. The van der Waals surface area contributed by atoms with Gasteiger partial charge in [0.05, 0.1) is 6.54 Å². The molecule has 31 heavy (non-hydrogen) atoms. The topological polar surface area (TPSA) is 84.3 Å². The number of aromatic nitrogens is 2. The molecule has 5 rings (SSSR count). The van der Waals surface area contributed by atoms with E-state index in [1.165, 1.54) is 0 Å². The number of aryl methyl sites for hydroxylation is 2. The zero-order valence-electron chi connectivity index (χ0n) is 17.3. The molecule has 1 aliphatic carbocycles. The molecule has 1 atom stereocenters. The van der Waals surface area contributed by atoms with Crippen LogP contribution in [0, 0.1) is 13.8 Å². The lowest BCUT2D eigenvalue weighted by Gasteiger charge is -2.31. The van der Waals surface area contributed by atoms with Crippen molar-refractivity contribution < 1.29 is 14.4 Å². The Balaban J connectivity index is 1.44. The molecule has 0 radical (unpaired) electrons. The average molecular weight is 435 g/mol. The molecule has 1 N–H and O–H groups in total. The summed E-state index contributed by atoms with van der Waals surface area (Å²) >= 11 is 1.61. The normalized spacial score (nSPS) is 20.3. The maximum Gasteiger partial charge on any atom is 0.325 e. The Morgan fingerprint density at radius 3 is 2.87 bits per heavy atom. The summed E-state index contributed by atoms with van der Waals surface area (Å²) in [5, 5.41) is 4.86. The highest BCUT2D eigenvalue weighted by molar-refractivity contribution is 7.10. The predicted molar refractivity (Wildman–Crippen MR) is 117 cm³/mol. The van der Waals surface area contributed by atoms with E-state index >= 15 is 0 Å². The fourth-order valence-corrected chi connectivity index (χ4v) is 5.80. The van der Waals surface area contributed by atoms with E-state index in [0.29, 0.717) is 12.0 Å². The van der Waals surface area contributed by atoms with E-state index in [-0.39, 0.29) is 18.2 Å². The molecule has 8 heteroatoms. The van der Waals surface area contributed by atoms with Crippen molar-refractivity contribution in [3.63, 3.8) is 0 Å². The average Bonchev–Trinajstić information content (AvgIpc) is 3.42. The molecule has 0 aromatic carbocycles. The molecular weight excluding hydrogens is 412 g/mol.